The molecule has 128 valence electrons. The summed E-state index contributed by atoms with van der Waals surface area (Å²) in [6, 6.07) is 3.44. The van der Waals surface area contributed by atoms with E-state index in [0.29, 0.717) is 5.82 Å². The normalized spacial score (nSPS) is 13.2. The van der Waals surface area contributed by atoms with E-state index in [1.807, 2.05) is 0 Å². The number of benzene rings is 1. The van der Waals surface area contributed by atoms with Crippen LogP contribution in [0.1, 0.15) is 26.5 Å². The minimum Gasteiger partial charge on any atom is -0.358 e. The molecule has 11 nitrogen and oxygen atoms in total. The molecule has 0 unspecified atom stereocenters. The highest BCUT2D eigenvalue weighted by Gasteiger charge is 2.37. The third-order valence-corrected chi connectivity index (χ3v) is 3.93. The number of imidazole rings is 1. The fourth-order valence-electron chi connectivity index (χ4n) is 2.67. The first-order valence-electron chi connectivity index (χ1n) is 7.12. The summed E-state index contributed by atoms with van der Waals surface area (Å²) in [6.07, 6.45) is 1.10. The molecule has 0 radical (unpaired) electrons. The molecule has 2 heterocycles. The monoisotopic (exact) mass is 345 g/mol. The predicted octanol–water partition coefficient (Wildman–Crippen LogP) is 1.30. The number of rotatable bonds is 5. The molecule has 3 rings (SSSR count). The lowest BCUT2D eigenvalue weighted by atomic mass is 10.1. The van der Waals surface area contributed by atoms with E-state index in [1.165, 1.54) is 10.6 Å². The van der Waals surface area contributed by atoms with Gasteiger partial charge in [-0.25, -0.2) is 9.55 Å². The number of non-ortho nitro benzene ring substituents is 1. The van der Waals surface area contributed by atoms with Crippen LogP contribution in [0.5, 0.6) is 0 Å². The maximum Gasteiger partial charge on any atom is 0.342 e. The van der Waals surface area contributed by atoms with Crippen LogP contribution in [0.3, 0.4) is 0 Å². The van der Waals surface area contributed by atoms with E-state index in [-0.39, 0.29) is 35.7 Å². The van der Waals surface area contributed by atoms with Crippen LogP contribution in [0.15, 0.2) is 24.4 Å². The highest BCUT2D eigenvalue weighted by molar-refractivity contribution is 6.21. The van der Waals surface area contributed by atoms with Crippen molar-refractivity contribution in [2.24, 2.45) is 0 Å². The molecule has 2 amide bonds. The lowest BCUT2D eigenvalue weighted by Crippen LogP contribution is -2.33. The molecule has 0 spiro atoms. The molecule has 0 saturated heterocycles. The predicted molar refractivity (Wildman–Crippen MR) is 82.1 cm³/mol. The van der Waals surface area contributed by atoms with E-state index in [0.717, 1.165) is 23.2 Å². The molecule has 0 N–H and O–H groups in total. The van der Waals surface area contributed by atoms with Gasteiger partial charge >= 0.3 is 5.82 Å². The minimum absolute atomic E-state index is 0.00426. The van der Waals surface area contributed by atoms with Gasteiger partial charge in [-0.05, 0) is 11.0 Å². The Morgan fingerprint density at radius 3 is 2.36 bits per heavy atom. The Kier molecular flexibility index (Phi) is 3.75. The molecule has 2 aromatic rings. The van der Waals surface area contributed by atoms with Gasteiger partial charge in [0.25, 0.3) is 17.5 Å². The summed E-state index contributed by atoms with van der Waals surface area (Å²) >= 11 is 0. The number of fused-ring (bicyclic) bond motifs is 1. The van der Waals surface area contributed by atoms with Gasteiger partial charge in [-0.15, -0.1) is 0 Å². The Morgan fingerprint density at radius 1 is 1.04 bits per heavy atom. The summed E-state index contributed by atoms with van der Waals surface area (Å²) in [5.41, 5.74) is -0.258. The van der Waals surface area contributed by atoms with Crippen LogP contribution in [0.4, 0.5) is 11.5 Å². The topological polar surface area (TPSA) is 141 Å². The van der Waals surface area contributed by atoms with Crippen LogP contribution >= 0.6 is 0 Å². The second kappa shape index (κ2) is 5.78. The average Bonchev–Trinajstić information content (AvgIpc) is 3.05. The zero-order valence-corrected chi connectivity index (χ0v) is 12.9. The Bertz CT molecular complexity index is 934. The highest BCUT2D eigenvalue weighted by Crippen LogP contribution is 2.27. The third-order valence-electron chi connectivity index (χ3n) is 3.93. The number of carbonyl (C=O) groups is 2. The molecule has 0 saturated carbocycles. The Hall–Kier alpha value is -3.63. The van der Waals surface area contributed by atoms with Crippen LogP contribution in [0, 0.1) is 27.2 Å². The van der Waals surface area contributed by atoms with E-state index in [9.17, 15) is 29.8 Å². The van der Waals surface area contributed by atoms with E-state index in [1.54, 1.807) is 6.92 Å². The van der Waals surface area contributed by atoms with Crippen LogP contribution < -0.4 is 0 Å². The second-order valence-corrected chi connectivity index (χ2v) is 5.32. The van der Waals surface area contributed by atoms with Crippen LogP contribution in [-0.4, -0.2) is 42.7 Å². The number of nitro groups is 2. The second-order valence-electron chi connectivity index (χ2n) is 5.32. The first-order chi connectivity index (χ1) is 11.8. The van der Waals surface area contributed by atoms with Gasteiger partial charge < -0.3 is 10.1 Å². The zero-order chi connectivity index (χ0) is 18.3. The van der Waals surface area contributed by atoms with E-state index in [4.69, 9.17) is 0 Å². The summed E-state index contributed by atoms with van der Waals surface area (Å²) in [5.74, 6) is -1.12. The lowest BCUT2D eigenvalue weighted by Gasteiger charge is -2.13. The number of imide groups is 1. The maximum atomic E-state index is 12.4. The molecular weight excluding hydrogens is 334 g/mol. The quantitative estimate of drug-likeness (QED) is 0.451. The number of aromatic nitrogens is 2. The summed E-state index contributed by atoms with van der Waals surface area (Å²) in [6.45, 7) is 1.45. The van der Waals surface area contributed by atoms with E-state index in [2.05, 4.69) is 4.98 Å². The number of hydrogen-bond donors (Lipinski definition) is 0. The molecule has 0 fully saturated rings. The smallest absolute Gasteiger partial charge is 0.342 e. The fraction of sp³-hybridized carbons (Fsp3) is 0.214. The first-order valence-corrected chi connectivity index (χ1v) is 7.12. The van der Waals surface area contributed by atoms with Crippen molar-refractivity contribution in [3.8, 4) is 0 Å². The van der Waals surface area contributed by atoms with Crippen molar-refractivity contribution >= 4 is 23.3 Å². The number of carbonyl (C=O) groups excluding carboxylic acids is 2. The van der Waals surface area contributed by atoms with Crippen molar-refractivity contribution in [2.45, 2.75) is 13.5 Å². The van der Waals surface area contributed by atoms with Gasteiger partial charge in [0.2, 0.25) is 0 Å². The molecule has 11 heteroatoms. The number of amides is 2. The largest absolute Gasteiger partial charge is 0.358 e. The van der Waals surface area contributed by atoms with Gasteiger partial charge in [0.1, 0.15) is 12.7 Å². The van der Waals surface area contributed by atoms with Crippen molar-refractivity contribution in [1.29, 1.82) is 0 Å². The molecule has 0 bridgehead atoms. The Balaban J connectivity index is 1.85. The average molecular weight is 345 g/mol. The number of nitro benzene ring substituents is 1. The van der Waals surface area contributed by atoms with Crippen LogP contribution in [0.25, 0.3) is 0 Å². The fourth-order valence-corrected chi connectivity index (χ4v) is 2.67. The Morgan fingerprint density at radius 2 is 1.72 bits per heavy atom. The highest BCUT2D eigenvalue weighted by atomic mass is 16.6. The maximum absolute atomic E-state index is 12.4. The summed E-state index contributed by atoms with van der Waals surface area (Å²) in [5, 5.41) is 21.8. The van der Waals surface area contributed by atoms with Gasteiger partial charge in [0.15, 0.2) is 5.82 Å². The number of aryl methyl sites for hydroxylation is 1. The van der Waals surface area contributed by atoms with Gasteiger partial charge in [0, 0.05) is 19.1 Å². The van der Waals surface area contributed by atoms with Crippen molar-refractivity contribution in [2.75, 3.05) is 6.54 Å². The van der Waals surface area contributed by atoms with Crippen molar-refractivity contribution in [1.82, 2.24) is 14.5 Å². The van der Waals surface area contributed by atoms with Crippen molar-refractivity contribution in [3.63, 3.8) is 0 Å². The van der Waals surface area contributed by atoms with E-state index >= 15 is 0 Å². The lowest BCUT2D eigenvalue weighted by molar-refractivity contribution is -0.392. The van der Waals surface area contributed by atoms with Crippen LogP contribution in [-0.2, 0) is 6.54 Å². The molecule has 0 atom stereocenters. The number of hydrogen-bond acceptors (Lipinski definition) is 7. The summed E-state index contributed by atoms with van der Waals surface area (Å²) < 4.78 is 1.28. The number of nitrogens with zero attached hydrogens (tertiary/aromatic N) is 5. The molecule has 1 aliphatic heterocycles. The summed E-state index contributed by atoms with van der Waals surface area (Å²) in [4.78, 5) is 50.0. The molecule has 1 aliphatic rings. The van der Waals surface area contributed by atoms with Crippen molar-refractivity contribution in [3.05, 3.63) is 61.6 Å². The first kappa shape index (κ1) is 16.2. The van der Waals surface area contributed by atoms with Gasteiger partial charge in [-0.1, -0.05) is 0 Å². The summed E-state index contributed by atoms with van der Waals surface area (Å²) in [7, 11) is 0. The zero-order valence-electron chi connectivity index (χ0n) is 12.9. The Labute approximate surface area is 139 Å². The molecule has 25 heavy (non-hydrogen) atoms. The van der Waals surface area contributed by atoms with Gasteiger partial charge in [-0.3, -0.25) is 24.6 Å². The van der Waals surface area contributed by atoms with Crippen molar-refractivity contribution < 1.29 is 19.4 Å². The molecule has 1 aromatic carbocycles. The molecular formula is C14H11N5O6. The van der Waals surface area contributed by atoms with Gasteiger partial charge in [-0.2, -0.15) is 0 Å². The van der Waals surface area contributed by atoms with Gasteiger partial charge in [0.05, 0.1) is 22.6 Å². The van der Waals surface area contributed by atoms with E-state index < -0.39 is 21.7 Å². The molecule has 0 aliphatic carbocycles. The SMILES string of the molecule is Cc1ncc([N+](=O)[O-])n1CCN1C(=O)c2ccc([N+](=O)[O-])cc2C1=O. The minimum atomic E-state index is -0.663. The molecule has 1 aromatic heterocycles. The third kappa shape index (κ3) is 2.60. The van der Waals surface area contributed by atoms with Crippen LogP contribution in [0.2, 0.25) is 0 Å². The standard InChI is InChI=1S/C14H11N5O6/c1-8-15-7-12(19(24)25)16(8)4-5-17-13(20)10-3-2-9(18(22)23)6-11(10)14(17)21/h2-3,6-7H,4-5H2,1H3.